The molecular formula is C16H10Br8O2. The summed E-state index contributed by atoms with van der Waals surface area (Å²) in [6.07, 6.45) is 0. The Morgan fingerprint density at radius 2 is 0.846 bits per heavy atom. The molecule has 0 spiro atoms. The Balaban J connectivity index is 1.93. The molecule has 0 amide bonds. The maximum atomic E-state index is 5.95. The summed E-state index contributed by atoms with van der Waals surface area (Å²) in [5.41, 5.74) is 0. The van der Waals surface area contributed by atoms with Crippen LogP contribution in [0.4, 0.5) is 0 Å². The van der Waals surface area contributed by atoms with Crippen LogP contribution >= 0.6 is 127 Å². The quantitative estimate of drug-likeness (QED) is 0.259. The van der Waals surface area contributed by atoms with Gasteiger partial charge in [-0.2, -0.15) is 0 Å². The van der Waals surface area contributed by atoms with E-state index in [9.17, 15) is 0 Å². The molecule has 0 heterocycles. The number of benzene rings is 2. The van der Waals surface area contributed by atoms with Crippen LogP contribution in [-0.2, 0) is 0 Å². The van der Waals surface area contributed by atoms with Crippen LogP contribution < -0.4 is 9.47 Å². The van der Waals surface area contributed by atoms with Crippen molar-refractivity contribution in [3.05, 3.63) is 51.1 Å². The molecule has 142 valence electrons. The zero-order valence-electron chi connectivity index (χ0n) is 12.7. The standard InChI is InChI=1S/C16H10Br8O2/c17-7-1-9(19)15(10(20)2-7)25-5-13(23)14(24)6-26-16-11(21)3-8(18)4-12(16)22/h1-4,13-14H,5-6H2/t13-,14?/m0/s1. The molecule has 0 aliphatic rings. The van der Waals surface area contributed by atoms with Gasteiger partial charge in [-0.1, -0.05) is 63.7 Å². The van der Waals surface area contributed by atoms with Crippen molar-refractivity contribution in [1.29, 1.82) is 0 Å². The van der Waals surface area contributed by atoms with Crippen LogP contribution in [0.2, 0.25) is 0 Å². The average Bonchev–Trinajstić information content (AvgIpc) is 2.52. The molecule has 1 unspecified atom stereocenters. The van der Waals surface area contributed by atoms with Gasteiger partial charge >= 0.3 is 0 Å². The number of hydrogen-bond acceptors (Lipinski definition) is 2. The maximum Gasteiger partial charge on any atom is 0.147 e. The highest BCUT2D eigenvalue weighted by atomic mass is 79.9. The van der Waals surface area contributed by atoms with Crippen molar-refractivity contribution < 1.29 is 9.47 Å². The first kappa shape index (κ1) is 24.2. The fourth-order valence-corrected chi connectivity index (χ4v) is 7.41. The third-order valence-electron chi connectivity index (χ3n) is 3.09. The Morgan fingerprint density at radius 1 is 0.577 bits per heavy atom. The first-order valence-corrected chi connectivity index (χ1v) is 13.6. The van der Waals surface area contributed by atoms with Crippen molar-refractivity contribution in [2.75, 3.05) is 13.2 Å². The second kappa shape index (κ2) is 11.3. The molecule has 2 atom stereocenters. The smallest absolute Gasteiger partial charge is 0.147 e. The fourth-order valence-electron chi connectivity index (χ4n) is 1.87. The minimum absolute atomic E-state index is 0.0537. The Labute approximate surface area is 219 Å². The van der Waals surface area contributed by atoms with Crippen molar-refractivity contribution in [3.63, 3.8) is 0 Å². The van der Waals surface area contributed by atoms with E-state index < -0.39 is 0 Å². The average molecular weight is 873 g/mol. The maximum absolute atomic E-state index is 5.95. The molecule has 0 aliphatic carbocycles. The Hall–Kier alpha value is 1.88. The summed E-state index contributed by atoms with van der Waals surface area (Å²) in [5.74, 6) is 1.52. The van der Waals surface area contributed by atoms with Crippen LogP contribution in [0, 0.1) is 0 Å². The largest absolute Gasteiger partial charge is 0.490 e. The van der Waals surface area contributed by atoms with Crippen LogP contribution in [0.3, 0.4) is 0 Å². The summed E-state index contributed by atoms with van der Waals surface area (Å²) in [6, 6.07) is 7.78. The van der Waals surface area contributed by atoms with Crippen molar-refractivity contribution in [2.45, 2.75) is 9.65 Å². The van der Waals surface area contributed by atoms with Gasteiger partial charge in [0.1, 0.15) is 24.7 Å². The molecule has 0 aromatic heterocycles. The number of alkyl halides is 2. The third kappa shape index (κ3) is 6.99. The van der Waals surface area contributed by atoms with Gasteiger partial charge in [-0.3, -0.25) is 0 Å². The first-order valence-electron chi connectivity index (χ1n) is 7.02. The lowest BCUT2D eigenvalue weighted by Gasteiger charge is -2.20. The Bertz CT molecular complexity index is 671. The van der Waals surface area contributed by atoms with E-state index in [1.54, 1.807) is 0 Å². The summed E-state index contributed by atoms with van der Waals surface area (Å²) in [6.45, 7) is 0.946. The molecular weight excluding hydrogens is 863 g/mol. The number of rotatable bonds is 7. The minimum atomic E-state index is 0.0537. The summed E-state index contributed by atoms with van der Waals surface area (Å²) < 4.78 is 17.3. The van der Waals surface area contributed by atoms with Gasteiger partial charge in [0.2, 0.25) is 0 Å². The van der Waals surface area contributed by atoms with Crippen molar-refractivity contribution in [2.24, 2.45) is 0 Å². The summed E-state index contributed by atoms with van der Waals surface area (Å²) in [5, 5.41) is 0. The zero-order valence-corrected chi connectivity index (χ0v) is 25.4. The predicted molar refractivity (Wildman–Crippen MR) is 136 cm³/mol. The molecule has 0 saturated heterocycles. The van der Waals surface area contributed by atoms with E-state index in [-0.39, 0.29) is 9.65 Å². The van der Waals surface area contributed by atoms with Crippen LogP contribution in [0.1, 0.15) is 0 Å². The highest BCUT2D eigenvalue weighted by Crippen LogP contribution is 2.38. The topological polar surface area (TPSA) is 18.5 Å². The third-order valence-corrected chi connectivity index (χ3v) is 8.88. The van der Waals surface area contributed by atoms with E-state index in [1.165, 1.54) is 0 Å². The van der Waals surface area contributed by atoms with Crippen LogP contribution in [0.5, 0.6) is 11.5 Å². The molecule has 0 bridgehead atoms. The van der Waals surface area contributed by atoms with E-state index >= 15 is 0 Å². The molecule has 0 saturated carbocycles. The van der Waals surface area contributed by atoms with Crippen molar-refractivity contribution in [3.8, 4) is 11.5 Å². The van der Waals surface area contributed by atoms with Gasteiger partial charge in [0.15, 0.2) is 0 Å². The number of hydrogen-bond donors (Lipinski definition) is 0. The molecule has 2 rings (SSSR count). The van der Waals surface area contributed by atoms with Crippen molar-refractivity contribution >= 4 is 127 Å². The highest BCUT2D eigenvalue weighted by molar-refractivity contribution is 9.12. The molecule has 0 aliphatic heterocycles. The highest BCUT2D eigenvalue weighted by Gasteiger charge is 2.20. The second-order valence-corrected chi connectivity index (χ2v) is 12.7. The van der Waals surface area contributed by atoms with Crippen LogP contribution in [0.25, 0.3) is 0 Å². The van der Waals surface area contributed by atoms with E-state index in [0.717, 1.165) is 38.3 Å². The van der Waals surface area contributed by atoms with Gasteiger partial charge in [0.25, 0.3) is 0 Å². The minimum Gasteiger partial charge on any atom is -0.490 e. The first-order chi connectivity index (χ1) is 12.2. The summed E-state index contributed by atoms with van der Waals surface area (Å²) in [7, 11) is 0. The van der Waals surface area contributed by atoms with E-state index in [4.69, 9.17) is 9.47 Å². The van der Waals surface area contributed by atoms with Gasteiger partial charge in [-0.05, 0) is 88.0 Å². The number of ether oxygens (including phenoxy) is 2. The van der Waals surface area contributed by atoms with Gasteiger partial charge in [0, 0.05) is 8.95 Å². The van der Waals surface area contributed by atoms with Gasteiger partial charge < -0.3 is 9.47 Å². The summed E-state index contributed by atoms with van der Waals surface area (Å²) >= 11 is 28.3. The molecule has 0 fully saturated rings. The Kier molecular flexibility index (Phi) is 10.5. The molecule has 26 heavy (non-hydrogen) atoms. The molecule has 2 aromatic rings. The zero-order chi connectivity index (χ0) is 19.4. The van der Waals surface area contributed by atoms with E-state index in [0.29, 0.717) is 13.2 Å². The predicted octanol–water partition coefficient (Wildman–Crippen LogP) is 9.25. The fraction of sp³-hybridized carbons (Fsp3) is 0.250. The normalized spacial score (nSPS) is 13.4. The molecule has 2 nitrogen and oxygen atoms in total. The lowest BCUT2D eigenvalue weighted by Crippen LogP contribution is -2.27. The molecule has 0 radical (unpaired) electrons. The van der Waals surface area contributed by atoms with E-state index in [1.807, 2.05) is 24.3 Å². The summed E-state index contributed by atoms with van der Waals surface area (Å²) in [4.78, 5) is 0.107. The number of halogens is 8. The van der Waals surface area contributed by atoms with Crippen LogP contribution in [0.15, 0.2) is 51.1 Å². The van der Waals surface area contributed by atoms with Crippen LogP contribution in [-0.4, -0.2) is 22.9 Å². The molecule has 2 aromatic carbocycles. The molecule has 0 N–H and O–H groups in total. The van der Waals surface area contributed by atoms with Gasteiger partial charge in [0.05, 0.1) is 27.5 Å². The second-order valence-electron chi connectivity index (χ2n) is 5.05. The molecule has 10 heteroatoms. The van der Waals surface area contributed by atoms with Crippen molar-refractivity contribution in [1.82, 2.24) is 0 Å². The monoisotopic (exact) mass is 865 g/mol. The van der Waals surface area contributed by atoms with E-state index in [2.05, 4.69) is 127 Å². The van der Waals surface area contributed by atoms with Gasteiger partial charge in [-0.25, -0.2) is 0 Å². The Morgan fingerprint density at radius 3 is 1.12 bits per heavy atom. The lowest BCUT2D eigenvalue weighted by atomic mass is 10.3. The lowest BCUT2D eigenvalue weighted by molar-refractivity contribution is 0.277. The SMILES string of the molecule is Brc1cc(Br)c(OCC(Br)[C@@H](Br)COc2c(Br)cc(Br)cc2Br)c(Br)c1. The van der Waals surface area contributed by atoms with Gasteiger partial charge in [-0.15, -0.1) is 0 Å².